The van der Waals surface area contributed by atoms with Crippen LogP contribution in [0.15, 0.2) is 12.1 Å². The summed E-state index contributed by atoms with van der Waals surface area (Å²) in [7, 11) is 0. The van der Waals surface area contributed by atoms with Crippen molar-refractivity contribution in [2.24, 2.45) is 0 Å². The van der Waals surface area contributed by atoms with Crippen LogP contribution in [0.3, 0.4) is 0 Å². The third kappa shape index (κ3) is 2.39. The van der Waals surface area contributed by atoms with Crippen LogP contribution >= 0.6 is 11.6 Å². The standard InChI is InChI=1S/C11H16ClN3O/c12-10-5-8(13)6-11(14-10)15-4-2-1-3-9(15)7-16/h5-6,9,16H,1-4,7H2,(H2,13,14). The van der Waals surface area contributed by atoms with Crippen molar-refractivity contribution in [1.82, 2.24) is 4.98 Å². The number of hydrogen-bond acceptors (Lipinski definition) is 4. The van der Waals surface area contributed by atoms with Gasteiger partial charge in [0, 0.05) is 18.3 Å². The Bertz CT molecular complexity index is 352. The normalized spacial score (nSPS) is 21.1. The Morgan fingerprint density at radius 3 is 3.00 bits per heavy atom. The van der Waals surface area contributed by atoms with Crippen LogP contribution in [0.25, 0.3) is 0 Å². The molecule has 1 aromatic heterocycles. The number of pyridine rings is 1. The van der Waals surface area contributed by atoms with E-state index >= 15 is 0 Å². The van der Waals surface area contributed by atoms with Crippen molar-refractivity contribution in [2.75, 3.05) is 23.8 Å². The zero-order chi connectivity index (χ0) is 11.5. The zero-order valence-corrected chi connectivity index (χ0v) is 9.82. The maximum absolute atomic E-state index is 9.33. The Balaban J connectivity index is 2.26. The molecule has 0 aromatic carbocycles. The van der Waals surface area contributed by atoms with E-state index in [9.17, 15) is 5.11 Å². The minimum Gasteiger partial charge on any atom is -0.399 e. The lowest BCUT2D eigenvalue weighted by molar-refractivity contribution is 0.239. The Morgan fingerprint density at radius 1 is 1.50 bits per heavy atom. The lowest BCUT2D eigenvalue weighted by Gasteiger charge is -2.35. The van der Waals surface area contributed by atoms with Gasteiger partial charge in [0.05, 0.1) is 12.6 Å². The predicted octanol–water partition coefficient (Wildman–Crippen LogP) is 1.67. The molecule has 4 nitrogen and oxygen atoms in total. The minimum atomic E-state index is 0.138. The Morgan fingerprint density at radius 2 is 2.31 bits per heavy atom. The molecule has 0 spiro atoms. The highest BCUT2D eigenvalue weighted by atomic mass is 35.5. The quantitative estimate of drug-likeness (QED) is 0.774. The lowest BCUT2D eigenvalue weighted by Crippen LogP contribution is -2.42. The largest absolute Gasteiger partial charge is 0.399 e. The van der Waals surface area contributed by atoms with E-state index in [-0.39, 0.29) is 12.6 Å². The Hall–Kier alpha value is -1.00. The molecule has 88 valence electrons. The summed E-state index contributed by atoms with van der Waals surface area (Å²) >= 11 is 5.88. The van der Waals surface area contributed by atoms with Crippen molar-refractivity contribution in [3.05, 3.63) is 17.3 Å². The van der Waals surface area contributed by atoms with Gasteiger partial charge in [-0.1, -0.05) is 11.6 Å². The summed E-state index contributed by atoms with van der Waals surface area (Å²) in [6, 6.07) is 3.57. The van der Waals surface area contributed by atoms with Gasteiger partial charge in [0.25, 0.3) is 0 Å². The van der Waals surface area contributed by atoms with Gasteiger partial charge in [-0.25, -0.2) is 4.98 Å². The molecule has 2 rings (SSSR count). The number of nitrogen functional groups attached to an aromatic ring is 1. The molecular formula is C11H16ClN3O. The van der Waals surface area contributed by atoms with E-state index < -0.39 is 0 Å². The van der Waals surface area contributed by atoms with E-state index in [4.69, 9.17) is 17.3 Å². The molecule has 1 unspecified atom stereocenters. The number of aliphatic hydroxyl groups is 1. The van der Waals surface area contributed by atoms with Crippen LogP contribution < -0.4 is 10.6 Å². The van der Waals surface area contributed by atoms with E-state index in [2.05, 4.69) is 9.88 Å². The van der Waals surface area contributed by atoms with Crippen molar-refractivity contribution >= 4 is 23.1 Å². The second-order valence-electron chi connectivity index (χ2n) is 4.11. The predicted molar refractivity (Wildman–Crippen MR) is 65.7 cm³/mol. The maximum Gasteiger partial charge on any atom is 0.133 e. The van der Waals surface area contributed by atoms with Gasteiger partial charge < -0.3 is 15.7 Å². The summed E-state index contributed by atoms with van der Waals surface area (Å²) in [5, 5.41) is 9.73. The fraction of sp³-hybridized carbons (Fsp3) is 0.545. The van der Waals surface area contributed by atoms with Crippen molar-refractivity contribution in [3.8, 4) is 0 Å². The fourth-order valence-electron chi connectivity index (χ4n) is 2.14. The molecule has 5 heteroatoms. The molecule has 3 N–H and O–H groups in total. The van der Waals surface area contributed by atoms with Crippen LogP contribution in [-0.4, -0.2) is 29.3 Å². The number of aromatic nitrogens is 1. The van der Waals surface area contributed by atoms with Crippen LogP contribution in [0.4, 0.5) is 11.5 Å². The Kier molecular flexibility index (Phi) is 3.51. The SMILES string of the molecule is Nc1cc(Cl)nc(N2CCCCC2CO)c1. The highest BCUT2D eigenvalue weighted by Crippen LogP contribution is 2.26. The topological polar surface area (TPSA) is 62.4 Å². The summed E-state index contributed by atoms with van der Waals surface area (Å²) < 4.78 is 0. The first-order valence-electron chi connectivity index (χ1n) is 5.51. The van der Waals surface area contributed by atoms with Gasteiger partial charge >= 0.3 is 0 Å². The van der Waals surface area contributed by atoms with E-state index in [1.54, 1.807) is 12.1 Å². The molecule has 1 saturated heterocycles. The van der Waals surface area contributed by atoms with Crippen molar-refractivity contribution < 1.29 is 5.11 Å². The van der Waals surface area contributed by atoms with Gasteiger partial charge in [-0.2, -0.15) is 0 Å². The molecule has 1 aromatic rings. The third-order valence-electron chi connectivity index (χ3n) is 2.94. The average molecular weight is 242 g/mol. The van der Waals surface area contributed by atoms with Crippen LogP contribution in [0.5, 0.6) is 0 Å². The first-order valence-corrected chi connectivity index (χ1v) is 5.89. The molecule has 2 heterocycles. The van der Waals surface area contributed by atoms with E-state index in [0.717, 1.165) is 31.6 Å². The molecule has 0 amide bonds. The number of nitrogens with zero attached hydrogens (tertiary/aromatic N) is 2. The fourth-order valence-corrected chi connectivity index (χ4v) is 2.35. The van der Waals surface area contributed by atoms with Gasteiger partial charge in [-0.3, -0.25) is 0 Å². The van der Waals surface area contributed by atoms with Crippen molar-refractivity contribution in [3.63, 3.8) is 0 Å². The third-order valence-corrected chi connectivity index (χ3v) is 3.13. The van der Waals surface area contributed by atoms with Crippen LogP contribution in [0, 0.1) is 0 Å². The maximum atomic E-state index is 9.33. The number of nitrogens with two attached hydrogens (primary N) is 1. The van der Waals surface area contributed by atoms with E-state index in [0.29, 0.717) is 10.8 Å². The van der Waals surface area contributed by atoms with Crippen molar-refractivity contribution in [2.45, 2.75) is 25.3 Å². The lowest BCUT2D eigenvalue weighted by atomic mass is 10.0. The highest BCUT2D eigenvalue weighted by molar-refractivity contribution is 6.29. The number of piperidine rings is 1. The van der Waals surface area contributed by atoms with Crippen LogP contribution in [0.2, 0.25) is 5.15 Å². The van der Waals surface area contributed by atoms with Gasteiger partial charge in [0.15, 0.2) is 0 Å². The molecule has 1 fully saturated rings. The molecule has 16 heavy (non-hydrogen) atoms. The molecular weight excluding hydrogens is 226 g/mol. The summed E-state index contributed by atoms with van der Waals surface area (Å²) in [5.41, 5.74) is 6.35. The van der Waals surface area contributed by atoms with Crippen molar-refractivity contribution in [1.29, 1.82) is 0 Å². The number of anilines is 2. The Labute approximate surface area is 100 Å². The summed E-state index contributed by atoms with van der Waals surface area (Å²) in [4.78, 5) is 6.35. The zero-order valence-electron chi connectivity index (χ0n) is 9.06. The number of hydrogen-bond donors (Lipinski definition) is 2. The first kappa shape index (κ1) is 11.5. The van der Waals surface area contributed by atoms with Crippen LogP contribution in [0.1, 0.15) is 19.3 Å². The molecule has 0 aliphatic carbocycles. The van der Waals surface area contributed by atoms with Crippen LogP contribution in [-0.2, 0) is 0 Å². The smallest absolute Gasteiger partial charge is 0.133 e. The van der Waals surface area contributed by atoms with Gasteiger partial charge in [0.2, 0.25) is 0 Å². The van der Waals surface area contributed by atoms with Gasteiger partial charge in [-0.15, -0.1) is 0 Å². The highest BCUT2D eigenvalue weighted by Gasteiger charge is 2.23. The average Bonchev–Trinajstić information content (AvgIpc) is 2.27. The second kappa shape index (κ2) is 4.89. The van der Waals surface area contributed by atoms with Gasteiger partial charge in [-0.05, 0) is 25.3 Å². The second-order valence-corrected chi connectivity index (χ2v) is 4.49. The van der Waals surface area contributed by atoms with E-state index in [1.165, 1.54) is 0 Å². The number of aliphatic hydroxyl groups excluding tert-OH is 1. The molecule has 0 bridgehead atoms. The summed E-state index contributed by atoms with van der Waals surface area (Å²) in [6.07, 6.45) is 3.26. The first-order chi connectivity index (χ1) is 7.70. The summed E-state index contributed by atoms with van der Waals surface area (Å²) in [5.74, 6) is 0.767. The monoisotopic (exact) mass is 241 g/mol. The number of rotatable bonds is 2. The van der Waals surface area contributed by atoms with Gasteiger partial charge in [0.1, 0.15) is 11.0 Å². The molecule has 1 atom stereocenters. The molecule has 0 saturated carbocycles. The van der Waals surface area contributed by atoms with E-state index in [1.807, 2.05) is 0 Å². The summed E-state index contributed by atoms with van der Waals surface area (Å²) in [6.45, 7) is 1.05. The minimum absolute atomic E-state index is 0.138. The molecule has 1 aliphatic rings. The molecule has 1 aliphatic heterocycles. The number of halogens is 1. The molecule has 0 radical (unpaired) electrons.